The highest BCUT2D eigenvalue weighted by molar-refractivity contribution is 5.82. The lowest BCUT2D eigenvalue weighted by Gasteiger charge is -2.39. The second-order valence-corrected chi connectivity index (χ2v) is 8.34. The Morgan fingerprint density at radius 3 is 2.26 bits per heavy atom. The molecule has 0 aromatic heterocycles. The molecule has 1 aliphatic heterocycles. The molecule has 0 unspecified atom stereocenters. The molecular formula is C24H28O3. The van der Waals surface area contributed by atoms with Gasteiger partial charge in [-0.1, -0.05) is 48.0 Å². The van der Waals surface area contributed by atoms with Gasteiger partial charge in [0.15, 0.2) is 0 Å². The van der Waals surface area contributed by atoms with Gasteiger partial charge in [-0.25, -0.2) is 0 Å². The number of hydrogen-bond donors (Lipinski definition) is 1. The summed E-state index contributed by atoms with van der Waals surface area (Å²) in [4.78, 5) is 0. The van der Waals surface area contributed by atoms with Crippen LogP contribution in [0.1, 0.15) is 50.7 Å². The molecule has 27 heavy (non-hydrogen) atoms. The number of ether oxygens (including phenoxy) is 2. The van der Waals surface area contributed by atoms with Crippen molar-refractivity contribution in [1.29, 1.82) is 0 Å². The van der Waals surface area contributed by atoms with Crippen LogP contribution in [0.3, 0.4) is 0 Å². The van der Waals surface area contributed by atoms with E-state index in [1.807, 2.05) is 12.1 Å². The summed E-state index contributed by atoms with van der Waals surface area (Å²) in [5.74, 6) is 0.788. The van der Waals surface area contributed by atoms with Crippen LogP contribution in [0.4, 0.5) is 0 Å². The van der Waals surface area contributed by atoms with Crippen molar-refractivity contribution in [3.8, 4) is 5.75 Å². The molecule has 3 nitrogen and oxygen atoms in total. The van der Waals surface area contributed by atoms with Gasteiger partial charge in [0.25, 0.3) is 0 Å². The minimum absolute atomic E-state index is 0.0260. The molecule has 2 aromatic carbocycles. The van der Waals surface area contributed by atoms with E-state index in [4.69, 9.17) is 14.6 Å². The normalized spacial score (nSPS) is 21.7. The third-order valence-corrected chi connectivity index (χ3v) is 5.39. The molecule has 142 valence electrons. The number of aliphatic hydroxyl groups excluding tert-OH is 1. The lowest BCUT2D eigenvalue weighted by Crippen LogP contribution is -2.38. The second-order valence-electron chi connectivity index (χ2n) is 8.34. The number of benzene rings is 2. The first-order valence-electron chi connectivity index (χ1n) is 9.82. The highest BCUT2D eigenvalue weighted by atomic mass is 16.5. The monoisotopic (exact) mass is 364 g/mol. The molecule has 0 radical (unpaired) electrons. The molecule has 3 heteroatoms. The Labute approximate surface area is 161 Å². The minimum Gasteiger partial charge on any atom is -0.491 e. The SMILES string of the molecule is CC1(C)C/C(=C(\c2ccccc2)c2ccc(OCCO)cc2)CC2(CC2)O1. The maximum absolute atomic E-state index is 8.95. The molecule has 1 saturated carbocycles. The first-order chi connectivity index (χ1) is 13.0. The van der Waals surface area contributed by atoms with Crippen LogP contribution in [-0.2, 0) is 4.74 Å². The standard InChI is InChI=1S/C24H28O3/c1-23(2)16-20(17-24(27-23)12-13-24)22(18-6-4-3-5-7-18)19-8-10-21(11-9-19)26-15-14-25/h3-11,25H,12-17H2,1-2H3/b22-20-. The summed E-state index contributed by atoms with van der Waals surface area (Å²) in [5, 5.41) is 8.95. The molecular weight excluding hydrogens is 336 g/mol. The maximum Gasteiger partial charge on any atom is 0.119 e. The second kappa shape index (κ2) is 7.14. The zero-order valence-electron chi connectivity index (χ0n) is 16.2. The Kier molecular flexibility index (Phi) is 4.83. The van der Waals surface area contributed by atoms with E-state index in [2.05, 4.69) is 56.3 Å². The Hall–Kier alpha value is -2.10. The molecule has 2 fully saturated rings. The van der Waals surface area contributed by atoms with Crippen LogP contribution < -0.4 is 4.74 Å². The van der Waals surface area contributed by atoms with Gasteiger partial charge >= 0.3 is 0 Å². The number of rotatable bonds is 5. The summed E-state index contributed by atoms with van der Waals surface area (Å²) < 4.78 is 11.9. The van der Waals surface area contributed by atoms with Crippen molar-refractivity contribution >= 4 is 5.57 Å². The summed E-state index contributed by atoms with van der Waals surface area (Å²) in [5.41, 5.74) is 5.20. The van der Waals surface area contributed by atoms with Gasteiger partial charge in [0.1, 0.15) is 12.4 Å². The lowest BCUT2D eigenvalue weighted by atomic mass is 9.82. The smallest absolute Gasteiger partial charge is 0.119 e. The fourth-order valence-electron chi connectivity index (χ4n) is 4.28. The van der Waals surface area contributed by atoms with Crippen LogP contribution in [0.15, 0.2) is 60.2 Å². The highest BCUT2D eigenvalue weighted by Crippen LogP contribution is 2.54. The fraction of sp³-hybridized carbons (Fsp3) is 0.417. The maximum atomic E-state index is 8.95. The Balaban J connectivity index is 1.76. The molecule has 1 saturated heterocycles. The van der Waals surface area contributed by atoms with Gasteiger partial charge in [-0.2, -0.15) is 0 Å². The molecule has 0 bridgehead atoms. The van der Waals surface area contributed by atoms with Crippen LogP contribution in [0.5, 0.6) is 5.75 Å². The van der Waals surface area contributed by atoms with Crippen LogP contribution >= 0.6 is 0 Å². The van der Waals surface area contributed by atoms with Gasteiger partial charge in [-0.05, 0) is 68.4 Å². The molecule has 0 amide bonds. The zero-order chi connectivity index (χ0) is 18.9. The molecule has 1 N–H and O–H groups in total. The summed E-state index contributed by atoms with van der Waals surface area (Å²) in [7, 11) is 0. The van der Waals surface area contributed by atoms with Crippen molar-refractivity contribution in [2.45, 2.75) is 50.7 Å². The third-order valence-electron chi connectivity index (χ3n) is 5.39. The topological polar surface area (TPSA) is 38.7 Å². The van der Waals surface area contributed by atoms with E-state index < -0.39 is 0 Å². The van der Waals surface area contributed by atoms with Crippen molar-refractivity contribution in [3.05, 3.63) is 71.3 Å². The van der Waals surface area contributed by atoms with Crippen molar-refractivity contribution in [1.82, 2.24) is 0 Å². The van der Waals surface area contributed by atoms with Gasteiger partial charge < -0.3 is 14.6 Å². The largest absolute Gasteiger partial charge is 0.491 e. The van der Waals surface area contributed by atoms with E-state index in [9.17, 15) is 0 Å². The Bertz CT molecular complexity index is 806. The Morgan fingerprint density at radius 2 is 1.63 bits per heavy atom. The van der Waals surface area contributed by atoms with E-state index in [0.717, 1.165) is 31.4 Å². The predicted octanol–water partition coefficient (Wildman–Crippen LogP) is 4.98. The van der Waals surface area contributed by atoms with Crippen molar-refractivity contribution in [3.63, 3.8) is 0 Å². The van der Waals surface area contributed by atoms with E-state index in [1.165, 1.54) is 22.3 Å². The predicted molar refractivity (Wildman–Crippen MR) is 108 cm³/mol. The number of aliphatic hydroxyl groups is 1. The Morgan fingerprint density at radius 1 is 0.963 bits per heavy atom. The summed E-state index contributed by atoms with van der Waals surface area (Å²) in [6, 6.07) is 18.9. The third kappa shape index (κ3) is 4.10. The number of hydrogen-bond acceptors (Lipinski definition) is 3. The molecule has 1 spiro atoms. The van der Waals surface area contributed by atoms with Crippen molar-refractivity contribution in [2.75, 3.05) is 13.2 Å². The van der Waals surface area contributed by atoms with Crippen molar-refractivity contribution in [2.24, 2.45) is 0 Å². The van der Waals surface area contributed by atoms with Crippen molar-refractivity contribution < 1.29 is 14.6 Å². The molecule has 0 atom stereocenters. The summed E-state index contributed by atoms with van der Waals surface area (Å²) in [6.45, 7) is 4.76. The molecule has 2 aromatic rings. The molecule has 1 aliphatic carbocycles. The fourth-order valence-corrected chi connectivity index (χ4v) is 4.28. The average Bonchev–Trinajstić information content (AvgIpc) is 3.38. The first-order valence-corrected chi connectivity index (χ1v) is 9.82. The van der Waals surface area contributed by atoms with Crippen LogP contribution in [0, 0.1) is 0 Å². The highest BCUT2D eigenvalue weighted by Gasteiger charge is 2.51. The van der Waals surface area contributed by atoms with E-state index in [-0.39, 0.29) is 17.8 Å². The lowest BCUT2D eigenvalue weighted by molar-refractivity contribution is -0.105. The van der Waals surface area contributed by atoms with E-state index in [1.54, 1.807) is 0 Å². The molecule has 4 rings (SSSR count). The summed E-state index contributed by atoms with van der Waals surface area (Å²) >= 11 is 0. The van der Waals surface area contributed by atoms with E-state index in [0.29, 0.717) is 6.61 Å². The minimum atomic E-state index is -0.131. The van der Waals surface area contributed by atoms with Gasteiger partial charge in [-0.3, -0.25) is 0 Å². The van der Waals surface area contributed by atoms with E-state index >= 15 is 0 Å². The first kappa shape index (κ1) is 18.3. The van der Waals surface area contributed by atoms with Crippen LogP contribution in [0.2, 0.25) is 0 Å². The van der Waals surface area contributed by atoms with Gasteiger partial charge in [0.2, 0.25) is 0 Å². The quantitative estimate of drug-likeness (QED) is 0.813. The molecule has 2 aliphatic rings. The van der Waals surface area contributed by atoms with Crippen LogP contribution in [-0.4, -0.2) is 29.5 Å². The van der Waals surface area contributed by atoms with Gasteiger partial charge in [0, 0.05) is 0 Å². The van der Waals surface area contributed by atoms with Crippen LogP contribution in [0.25, 0.3) is 5.57 Å². The van der Waals surface area contributed by atoms with Gasteiger partial charge in [-0.15, -0.1) is 0 Å². The summed E-state index contributed by atoms with van der Waals surface area (Å²) in [6.07, 6.45) is 4.29. The molecule has 1 heterocycles. The van der Waals surface area contributed by atoms with Gasteiger partial charge in [0.05, 0.1) is 17.8 Å². The average molecular weight is 364 g/mol. The zero-order valence-corrected chi connectivity index (χ0v) is 16.2.